The van der Waals surface area contributed by atoms with Crippen molar-refractivity contribution < 1.29 is 13.9 Å². The number of ether oxygens (including phenoxy) is 1. The number of aromatic nitrogens is 2. The number of para-hydroxylation sites is 1. The summed E-state index contributed by atoms with van der Waals surface area (Å²) in [6, 6.07) is 12.7. The molecule has 0 aliphatic carbocycles. The molecular weight excluding hydrogens is 349 g/mol. The average Bonchev–Trinajstić information content (AvgIpc) is 2.66. The summed E-state index contributed by atoms with van der Waals surface area (Å²) in [6.07, 6.45) is 0. The van der Waals surface area contributed by atoms with Crippen molar-refractivity contribution in [3.8, 4) is 5.75 Å². The van der Waals surface area contributed by atoms with Crippen LogP contribution < -0.4 is 10.3 Å². The molecule has 1 amide bonds. The average molecular weight is 369 g/mol. The van der Waals surface area contributed by atoms with Gasteiger partial charge in [-0.05, 0) is 43.3 Å². The van der Waals surface area contributed by atoms with Crippen LogP contribution in [0.5, 0.6) is 5.75 Å². The van der Waals surface area contributed by atoms with Crippen LogP contribution in [0.15, 0.2) is 53.3 Å². The van der Waals surface area contributed by atoms with E-state index in [0.717, 1.165) is 0 Å². The Kier molecular flexibility index (Phi) is 5.49. The molecule has 0 aliphatic rings. The van der Waals surface area contributed by atoms with E-state index in [-0.39, 0.29) is 30.4 Å². The van der Waals surface area contributed by atoms with Crippen molar-refractivity contribution in [2.24, 2.45) is 0 Å². The summed E-state index contributed by atoms with van der Waals surface area (Å²) in [5, 5.41) is 0.484. The van der Waals surface area contributed by atoms with Gasteiger partial charge in [0.25, 0.3) is 5.56 Å². The first kappa shape index (κ1) is 18.6. The Morgan fingerprint density at radius 1 is 1.19 bits per heavy atom. The van der Waals surface area contributed by atoms with Crippen LogP contribution in [-0.2, 0) is 11.3 Å². The molecule has 0 saturated heterocycles. The molecule has 1 aromatic heterocycles. The molecule has 0 radical (unpaired) electrons. The summed E-state index contributed by atoms with van der Waals surface area (Å²) in [5.74, 6) is 0.463. The van der Waals surface area contributed by atoms with E-state index in [2.05, 4.69) is 4.98 Å². The molecule has 6 nitrogen and oxygen atoms in total. The third-order valence-electron chi connectivity index (χ3n) is 4.28. The van der Waals surface area contributed by atoms with Crippen molar-refractivity contribution in [2.45, 2.75) is 13.5 Å². The minimum atomic E-state index is -0.334. The van der Waals surface area contributed by atoms with Crippen molar-refractivity contribution in [3.05, 3.63) is 70.5 Å². The van der Waals surface area contributed by atoms with E-state index >= 15 is 0 Å². The van der Waals surface area contributed by atoms with Crippen LogP contribution in [-0.4, -0.2) is 40.6 Å². The molecule has 7 heteroatoms. The van der Waals surface area contributed by atoms with Crippen LogP contribution in [0.4, 0.5) is 4.39 Å². The van der Waals surface area contributed by atoms with Crippen LogP contribution in [0.1, 0.15) is 5.82 Å². The molecule has 27 heavy (non-hydrogen) atoms. The molecule has 1 heterocycles. The largest absolute Gasteiger partial charge is 0.492 e. The van der Waals surface area contributed by atoms with Gasteiger partial charge in [0.2, 0.25) is 5.91 Å². The van der Waals surface area contributed by atoms with Crippen LogP contribution >= 0.6 is 0 Å². The number of hydrogen-bond acceptors (Lipinski definition) is 4. The monoisotopic (exact) mass is 369 g/mol. The van der Waals surface area contributed by atoms with E-state index in [4.69, 9.17) is 4.74 Å². The molecule has 0 fully saturated rings. The van der Waals surface area contributed by atoms with Crippen molar-refractivity contribution in [3.63, 3.8) is 0 Å². The zero-order valence-electron chi connectivity index (χ0n) is 15.2. The fourth-order valence-electron chi connectivity index (χ4n) is 2.68. The lowest BCUT2D eigenvalue weighted by Gasteiger charge is -2.19. The molecule has 0 unspecified atom stereocenters. The number of halogens is 1. The number of benzene rings is 2. The Morgan fingerprint density at radius 2 is 1.89 bits per heavy atom. The first-order valence-corrected chi connectivity index (χ1v) is 8.54. The van der Waals surface area contributed by atoms with Gasteiger partial charge in [-0.25, -0.2) is 9.37 Å². The minimum absolute atomic E-state index is 0.0877. The first-order chi connectivity index (χ1) is 13.0. The second-order valence-electron chi connectivity index (χ2n) is 6.19. The van der Waals surface area contributed by atoms with E-state index in [0.29, 0.717) is 29.0 Å². The molecule has 2 aromatic carbocycles. The fraction of sp³-hybridized carbons (Fsp3) is 0.250. The molecule has 3 rings (SSSR count). The minimum Gasteiger partial charge on any atom is -0.492 e. The fourth-order valence-corrected chi connectivity index (χ4v) is 2.68. The van der Waals surface area contributed by atoms with Crippen molar-refractivity contribution in [1.29, 1.82) is 0 Å². The predicted molar refractivity (Wildman–Crippen MR) is 100 cm³/mol. The van der Waals surface area contributed by atoms with Crippen LogP contribution in [0, 0.1) is 12.7 Å². The highest BCUT2D eigenvalue weighted by Gasteiger charge is 2.14. The SMILES string of the molecule is Cc1nc2ccccc2c(=O)n1CC(=O)N(C)CCOc1ccc(F)cc1. The van der Waals surface area contributed by atoms with Crippen molar-refractivity contribution >= 4 is 16.8 Å². The summed E-state index contributed by atoms with van der Waals surface area (Å²) in [5.41, 5.74) is 0.382. The van der Waals surface area contributed by atoms with E-state index in [9.17, 15) is 14.0 Å². The van der Waals surface area contributed by atoms with E-state index in [1.807, 2.05) is 6.07 Å². The smallest absolute Gasteiger partial charge is 0.261 e. The van der Waals surface area contributed by atoms with Gasteiger partial charge in [-0.2, -0.15) is 0 Å². The van der Waals surface area contributed by atoms with E-state index < -0.39 is 0 Å². The Hall–Kier alpha value is -3.22. The van der Waals surface area contributed by atoms with Crippen molar-refractivity contribution in [2.75, 3.05) is 20.2 Å². The second kappa shape index (κ2) is 7.99. The molecule has 3 aromatic rings. The lowest BCUT2D eigenvalue weighted by Crippen LogP contribution is -2.37. The maximum atomic E-state index is 12.9. The normalized spacial score (nSPS) is 10.8. The zero-order chi connectivity index (χ0) is 19.4. The number of rotatable bonds is 6. The summed E-state index contributed by atoms with van der Waals surface area (Å²) >= 11 is 0. The summed E-state index contributed by atoms with van der Waals surface area (Å²) in [4.78, 5) is 31.0. The van der Waals surface area contributed by atoms with Gasteiger partial charge < -0.3 is 9.64 Å². The van der Waals surface area contributed by atoms with Crippen molar-refractivity contribution in [1.82, 2.24) is 14.5 Å². The molecule has 140 valence electrons. The van der Waals surface area contributed by atoms with E-state index in [1.165, 1.54) is 33.7 Å². The molecule has 0 aliphatic heterocycles. The topological polar surface area (TPSA) is 64.4 Å². The summed E-state index contributed by atoms with van der Waals surface area (Å²) < 4.78 is 19.7. The number of fused-ring (bicyclic) bond motifs is 1. The van der Waals surface area contributed by atoms with Gasteiger partial charge in [-0.15, -0.1) is 0 Å². The third-order valence-corrected chi connectivity index (χ3v) is 4.28. The quantitative estimate of drug-likeness (QED) is 0.669. The highest BCUT2D eigenvalue weighted by Crippen LogP contribution is 2.11. The standard InChI is InChI=1S/C20H20FN3O3/c1-14-22-18-6-4-3-5-17(18)20(26)24(14)13-19(25)23(2)11-12-27-16-9-7-15(21)8-10-16/h3-10H,11-13H2,1-2H3. The highest BCUT2D eigenvalue weighted by molar-refractivity contribution is 5.79. The number of likely N-dealkylation sites (N-methyl/N-ethyl adjacent to an activating group) is 1. The van der Waals surface area contributed by atoms with Crippen LogP contribution in [0.2, 0.25) is 0 Å². The number of amides is 1. The van der Waals surface area contributed by atoms with E-state index in [1.54, 1.807) is 32.2 Å². The third kappa shape index (κ3) is 4.31. The van der Waals surface area contributed by atoms with Gasteiger partial charge >= 0.3 is 0 Å². The van der Waals surface area contributed by atoms with Gasteiger partial charge in [-0.1, -0.05) is 12.1 Å². The van der Waals surface area contributed by atoms with Crippen LogP contribution in [0.25, 0.3) is 10.9 Å². The molecule has 0 bridgehead atoms. The Labute approximate surface area is 155 Å². The Bertz CT molecular complexity index is 1020. The lowest BCUT2D eigenvalue weighted by molar-refractivity contribution is -0.130. The van der Waals surface area contributed by atoms with Crippen LogP contribution in [0.3, 0.4) is 0 Å². The predicted octanol–water partition coefficient (Wildman–Crippen LogP) is 2.38. The Balaban J connectivity index is 1.63. The number of nitrogens with zero attached hydrogens (tertiary/aromatic N) is 3. The second-order valence-corrected chi connectivity index (χ2v) is 6.19. The number of aryl methyl sites for hydroxylation is 1. The van der Waals surface area contributed by atoms with Gasteiger partial charge in [0.05, 0.1) is 17.4 Å². The molecule has 0 saturated carbocycles. The number of hydrogen-bond donors (Lipinski definition) is 0. The highest BCUT2D eigenvalue weighted by atomic mass is 19.1. The summed E-state index contributed by atoms with van der Waals surface area (Å²) in [6.45, 7) is 2.22. The first-order valence-electron chi connectivity index (χ1n) is 8.54. The summed E-state index contributed by atoms with van der Waals surface area (Å²) in [7, 11) is 1.64. The zero-order valence-corrected chi connectivity index (χ0v) is 15.2. The molecule has 0 atom stereocenters. The maximum Gasteiger partial charge on any atom is 0.261 e. The number of carbonyl (C=O) groups excluding carboxylic acids is 1. The molecule has 0 spiro atoms. The van der Waals surface area contributed by atoms with Gasteiger partial charge in [0, 0.05) is 7.05 Å². The molecular formula is C20H20FN3O3. The van der Waals surface area contributed by atoms with Gasteiger partial charge in [0.15, 0.2) is 0 Å². The maximum absolute atomic E-state index is 12.9. The molecule has 0 N–H and O–H groups in total. The van der Waals surface area contributed by atoms with Gasteiger partial charge in [-0.3, -0.25) is 14.2 Å². The van der Waals surface area contributed by atoms with Gasteiger partial charge in [0.1, 0.15) is 30.5 Å². The lowest BCUT2D eigenvalue weighted by atomic mass is 10.2. The number of carbonyl (C=O) groups is 1. The Morgan fingerprint density at radius 3 is 2.63 bits per heavy atom.